The maximum Gasteiger partial charge on any atom is 0.239 e. The third-order valence-electron chi connectivity index (χ3n) is 8.56. The lowest BCUT2D eigenvalue weighted by Gasteiger charge is -2.20. The van der Waals surface area contributed by atoms with Gasteiger partial charge in [0.2, 0.25) is 11.8 Å². The van der Waals surface area contributed by atoms with Crippen molar-refractivity contribution in [3.63, 3.8) is 0 Å². The lowest BCUT2D eigenvalue weighted by Crippen LogP contribution is -2.42. The third kappa shape index (κ3) is 10.2. The van der Waals surface area contributed by atoms with E-state index < -0.39 is 6.04 Å². The zero-order valence-electron chi connectivity index (χ0n) is 28.9. The summed E-state index contributed by atoms with van der Waals surface area (Å²) in [6.45, 7) is 2.90. The van der Waals surface area contributed by atoms with Gasteiger partial charge in [0, 0.05) is 20.0 Å². The summed E-state index contributed by atoms with van der Waals surface area (Å²) < 4.78 is 10.6. The van der Waals surface area contributed by atoms with E-state index in [1.54, 1.807) is 29.4 Å². The molecule has 2 atom stereocenters. The van der Waals surface area contributed by atoms with Crippen molar-refractivity contribution in [1.29, 1.82) is 0 Å². The van der Waals surface area contributed by atoms with Crippen LogP contribution in [0.25, 0.3) is 22.3 Å². The molecule has 2 aromatic heterocycles. The van der Waals surface area contributed by atoms with Crippen LogP contribution >= 0.6 is 0 Å². The van der Waals surface area contributed by atoms with Gasteiger partial charge < -0.3 is 24.4 Å². The molecule has 0 aliphatic heterocycles. The summed E-state index contributed by atoms with van der Waals surface area (Å²) in [7, 11) is 3.56. The Balaban J connectivity index is 0.000000194. The van der Waals surface area contributed by atoms with E-state index in [-0.39, 0.29) is 17.7 Å². The summed E-state index contributed by atoms with van der Waals surface area (Å²) in [5, 5.41) is 0. The van der Waals surface area contributed by atoms with Crippen molar-refractivity contribution in [1.82, 2.24) is 9.80 Å². The molecule has 256 valence electrons. The zero-order valence-corrected chi connectivity index (χ0v) is 28.9. The highest BCUT2D eigenvalue weighted by Gasteiger charge is 2.20. The lowest BCUT2D eigenvalue weighted by molar-refractivity contribution is -0.134. The largest absolute Gasteiger partial charge is 0.467 e. The fourth-order valence-corrected chi connectivity index (χ4v) is 5.80. The van der Waals surface area contributed by atoms with Gasteiger partial charge in [-0.3, -0.25) is 9.59 Å². The molecule has 0 aliphatic carbocycles. The molecule has 6 rings (SSSR count). The number of hydrogen-bond donors (Lipinski definition) is 1. The van der Waals surface area contributed by atoms with Crippen molar-refractivity contribution in [3.8, 4) is 22.3 Å². The topological polar surface area (TPSA) is 92.9 Å². The third-order valence-corrected chi connectivity index (χ3v) is 8.56. The molecule has 0 fully saturated rings. The van der Waals surface area contributed by atoms with E-state index in [4.69, 9.17) is 14.6 Å². The number of carbonyl (C=O) groups excluding carboxylic acids is 2. The molecule has 0 bridgehead atoms. The van der Waals surface area contributed by atoms with Crippen LogP contribution in [-0.2, 0) is 35.5 Å². The van der Waals surface area contributed by atoms with Crippen LogP contribution in [0.15, 0.2) is 155 Å². The number of likely N-dealkylation sites (N-methyl/N-ethyl adjacent to an activating group) is 1. The van der Waals surface area contributed by atoms with Gasteiger partial charge >= 0.3 is 0 Å². The molecule has 2 amide bonds. The summed E-state index contributed by atoms with van der Waals surface area (Å²) in [4.78, 5) is 28.3. The second-order valence-electron chi connectivity index (χ2n) is 12.6. The van der Waals surface area contributed by atoms with Gasteiger partial charge in [0.25, 0.3) is 0 Å². The minimum absolute atomic E-state index is 0.0671. The number of carbonyl (C=O) groups is 2. The van der Waals surface area contributed by atoms with Crippen molar-refractivity contribution in [3.05, 3.63) is 169 Å². The van der Waals surface area contributed by atoms with E-state index in [2.05, 4.69) is 60.7 Å². The Kier molecular flexibility index (Phi) is 12.6. The smallest absolute Gasteiger partial charge is 0.239 e. The Labute approximate surface area is 295 Å². The quantitative estimate of drug-likeness (QED) is 0.142. The van der Waals surface area contributed by atoms with Crippen LogP contribution in [0.2, 0.25) is 0 Å². The summed E-state index contributed by atoms with van der Waals surface area (Å²) >= 11 is 0. The van der Waals surface area contributed by atoms with Crippen LogP contribution in [0.1, 0.15) is 29.6 Å². The molecular weight excluding hydrogens is 622 g/mol. The summed E-state index contributed by atoms with van der Waals surface area (Å²) in [5.74, 6) is 1.51. The number of nitrogens with zero attached hydrogens (tertiary/aromatic N) is 2. The molecule has 2 heterocycles. The van der Waals surface area contributed by atoms with E-state index >= 15 is 0 Å². The SMILES string of the molecule is CN(Cc1ccco1)C(=O)[C@@H](N)Cc1ccc(-c2ccccc2)cc1.C[C@@H](Cc1ccc(-c2ccccc2)cc1)C(=O)N(C)Cc1ccco1. The van der Waals surface area contributed by atoms with Gasteiger partial charge in [0.1, 0.15) is 11.5 Å². The first-order chi connectivity index (χ1) is 24.3. The minimum Gasteiger partial charge on any atom is -0.467 e. The molecule has 0 spiro atoms. The molecule has 0 radical (unpaired) electrons. The summed E-state index contributed by atoms with van der Waals surface area (Å²) in [5.41, 5.74) is 13.1. The Morgan fingerprint density at radius 2 is 0.940 bits per heavy atom. The fraction of sp³-hybridized carbons (Fsp3) is 0.209. The highest BCUT2D eigenvalue weighted by molar-refractivity contribution is 5.81. The van der Waals surface area contributed by atoms with Crippen LogP contribution in [0.3, 0.4) is 0 Å². The van der Waals surface area contributed by atoms with Gasteiger partial charge in [0.05, 0.1) is 31.7 Å². The second kappa shape index (κ2) is 17.7. The van der Waals surface area contributed by atoms with Gasteiger partial charge in [-0.1, -0.05) is 116 Å². The fourth-order valence-electron chi connectivity index (χ4n) is 5.80. The Morgan fingerprint density at radius 3 is 1.36 bits per heavy atom. The van der Waals surface area contributed by atoms with Gasteiger partial charge in [0.15, 0.2) is 0 Å². The van der Waals surface area contributed by atoms with Gasteiger partial charge in [-0.05, 0) is 70.5 Å². The molecule has 0 saturated heterocycles. The predicted molar refractivity (Wildman–Crippen MR) is 199 cm³/mol. The summed E-state index contributed by atoms with van der Waals surface area (Å²) in [6.07, 6.45) is 4.47. The minimum atomic E-state index is -0.567. The molecular formula is C43H45N3O4. The number of benzene rings is 4. The average Bonchev–Trinajstić information content (AvgIpc) is 3.87. The van der Waals surface area contributed by atoms with E-state index in [0.29, 0.717) is 19.5 Å². The van der Waals surface area contributed by atoms with Crippen LogP contribution in [-0.4, -0.2) is 41.8 Å². The average molecular weight is 668 g/mol. The normalized spacial score (nSPS) is 11.9. The zero-order chi connectivity index (χ0) is 35.3. The van der Waals surface area contributed by atoms with Crippen LogP contribution < -0.4 is 5.73 Å². The molecule has 0 aliphatic rings. The first-order valence-electron chi connectivity index (χ1n) is 16.9. The maximum atomic E-state index is 12.5. The number of nitrogens with two attached hydrogens (primary N) is 1. The Hall–Kier alpha value is -5.66. The van der Waals surface area contributed by atoms with Crippen LogP contribution in [0.5, 0.6) is 0 Å². The standard InChI is InChI=1S/C22H23NO2.C21H22N2O2/c1-17(22(24)23(2)16-21-9-6-14-25-21)15-18-10-12-20(13-11-18)19-7-4-3-5-8-19;1-23(15-19-8-5-13-25-19)21(24)20(22)14-16-9-11-18(12-10-16)17-6-3-2-4-7-17/h3-14,17H,15-16H2,1-2H3;2-13,20H,14-15,22H2,1H3/t17-;20-/m00/s1. The van der Waals surface area contributed by atoms with E-state index in [0.717, 1.165) is 29.1 Å². The molecule has 4 aromatic carbocycles. The predicted octanol–water partition coefficient (Wildman–Crippen LogP) is 8.26. The molecule has 7 nitrogen and oxygen atoms in total. The maximum absolute atomic E-state index is 12.5. The lowest BCUT2D eigenvalue weighted by atomic mass is 9.97. The molecule has 7 heteroatoms. The molecule has 50 heavy (non-hydrogen) atoms. The molecule has 6 aromatic rings. The number of hydrogen-bond acceptors (Lipinski definition) is 5. The Morgan fingerprint density at radius 1 is 0.540 bits per heavy atom. The van der Waals surface area contributed by atoms with Gasteiger partial charge in [-0.2, -0.15) is 0 Å². The first-order valence-corrected chi connectivity index (χ1v) is 16.9. The highest BCUT2D eigenvalue weighted by Crippen LogP contribution is 2.22. The van der Waals surface area contributed by atoms with Gasteiger partial charge in [-0.25, -0.2) is 0 Å². The molecule has 0 saturated carbocycles. The van der Waals surface area contributed by atoms with Crippen molar-refractivity contribution in [2.75, 3.05) is 14.1 Å². The Bertz CT molecular complexity index is 1730. The second-order valence-corrected chi connectivity index (χ2v) is 12.6. The highest BCUT2D eigenvalue weighted by atomic mass is 16.3. The summed E-state index contributed by atoms with van der Waals surface area (Å²) in [6, 6.07) is 44.0. The number of rotatable bonds is 12. The van der Waals surface area contributed by atoms with Crippen LogP contribution in [0, 0.1) is 5.92 Å². The van der Waals surface area contributed by atoms with Crippen molar-refractivity contribution in [2.45, 2.75) is 38.9 Å². The number of furan rings is 2. The van der Waals surface area contributed by atoms with E-state index in [9.17, 15) is 9.59 Å². The van der Waals surface area contributed by atoms with Gasteiger partial charge in [-0.15, -0.1) is 0 Å². The monoisotopic (exact) mass is 667 g/mol. The number of amides is 2. The van der Waals surface area contributed by atoms with Crippen LogP contribution in [0.4, 0.5) is 0 Å². The van der Waals surface area contributed by atoms with E-state index in [1.807, 2.05) is 86.8 Å². The first kappa shape index (κ1) is 35.6. The van der Waals surface area contributed by atoms with Crippen molar-refractivity contribution in [2.24, 2.45) is 11.7 Å². The van der Waals surface area contributed by atoms with E-state index in [1.165, 1.54) is 22.3 Å². The molecule has 2 N–H and O–H groups in total. The molecule has 0 unspecified atom stereocenters. The van der Waals surface area contributed by atoms with Crippen molar-refractivity contribution >= 4 is 11.8 Å². The van der Waals surface area contributed by atoms with Crippen molar-refractivity contribution < 1.29 is 18.4 Å².